The Labute approximate surface area is 96.2 Å². The van der Waals surface area contributed by atoms with Crippen molar-refractivity contribution in [2.75, 3.05) is 13.2 Å². The third-order valence-corrected chi connectivity index (χ3v) is 3.25. The molecule has 2 rings (SSSR count). The van der Waals surface area contributed by atoms with E-state index in [9.17, 15) is 4.79 Å². The Morgan fingerprint density at radius 3 is 2.81 bits per heavy atom. The Morgan fingerprint density at radius 2 is 2.12 bits per heavy atom. The fraction of sp³-hybridized carbons (Fsp3) is 0.917. The maximum Gasteiger partial charge on any atom is 0.305 e. The minimum absolute atomic E-state index is 0.0754. The zero-order chi connectivity index (χ0) is 11.4. The van der Waals surface area contributed by atoms with Crippen molar-refractivity contribution in [2.24, 2.45) is 0 Å². The fourth-order valence-electron chi connectivity index (χ4n) is 2.34. The topological polar surface area (TPSA) is 44.8 Å². The Hall–Kier alpha value is -0.610. The van der Waals surface area contributed by atoms with Crippen molar-refractivity contribution in [3.05, 3.63) is 0 Å². The molecule has 0 N–H and O–H groups in total. The van der Waals surface area contributed by atoms with Crippen LogP contribution in [-0.2, 0) is 19.0 Å². The number of hydrogen-bond donors (Lipinski definition) is 0. The second-order valence-electron chi connectivity index (χ2n) is 4.56. The van der Waals surface area contributed by atoms with Crippen LogP contribution in [0.5, 0.6) is 0 Å². The van der Waals surface area contributed by atoms with Gasteiger partial charge in [-0.05, 0) is 12.8 Å². The molecule has 0 radical (unpaired) electrons. The molecule has 0 aromatic heterocycles. The molecular weight excluding hydrogens is 208 g/mol. The van der Waals surface area contributed by atoms with Crippen molar-refractivity contribution in [3.63, 3.8) is 0 Å². The van der Waals surface area contributed by atoms with Crippen molar-refractivity contribution >= 4 is 5.97 Å². The van der Waals surface area contributed by atoms with Crippen LogP contribution in [0.25, 0.3) is 0 Å². The maximum atomic E-state index is 11.0. The Bertz CT molecular complexity index is 245. The standard InChI is InChI=1S/C12H20O4/c1-2-11(13)14-8-10-9-15-12(16-10)6-4-3-5-7-12/h10H,2-9H2,1H3/t10-/m1/s1. The first-order valence-corrected chi connectivity index (χ1v) is 6.21. The van der Waals surface area contributed by atoms with Crippen LogP contribution in [0.15, 0.2) is 0 Å². The largest absolute Gasteiger partial charge is 0.463 e. The Morgan fingerprint density at radius 1 is 1.38 bits per heavy atom. The van der Waals surface area contributed by atoms with Crippen LogP contribution in [-0.4, -0.2) is 31.1 Å². The molecule has 0 aromatic carbocycles. The second kappa shape index (κ2) is 5.15. The van der Waals surface area contributed by atoms with E-state index >= 15 is 0 Å². The van der Waals surface area contributed by atoms with E-state index in [0.29, 0.717) is 19.6 Å². The van der Waals surface area contributed by atoms with Crippen molar-refractivity contribution in [1.29, 1.82) is 0 Å². The highest BCUT2D eigenvalue weighted by Gasteiger charge is 2.42. The van der Waals surface area contributed by atoms with Gasteiger partial charge in [0, 0.05) is 19.3 Å². The van der Waals surface area contributed by atoms with Gasteiger partial charge in [-0.1, -0.05) is 13.3 Å². The summed E-state index contributed by atoms with van der Waals surface area (Å²) in [5.74, 6) is -0.533. The minimum Gasteiger partial charge on any atom is -0.463 e. The molecule has 0 bridgehead atoms. The summed E-state index contributed by atoms with van der Waals surface area (Å²) in [7, 11) is 0. The Balaban J connectivity index is 1.76. The molecule has 1 saturated heterocycles. The smallest absolute Gasteiger partial charge is 0.305 e. The van der Waals surface area contributed by atoms with Crippen molar-refractivity contribution < 1.29 is 19.0 Å². The monoisotopic (exact) mass is 228 g/mol. The molecule has 0 aromatic rings. The third-order valence-electron chi connectivity index (χ3n) is 3.25. The first kappa shape index (κ1) is 11.9. The number of hydrogen-bond acceptors (Lipinski definition) is 4. The van der Waals surface area contributed by atoms with E-state index in [1.165, 1.54) is 19.3 Å². The molecule has 2 aliphatic rings. The number of carbonyl (C=O) groups is 1. The van der Waals surface area contributed by atoms with E-state index in [0.717, 1.165) is 12.8 Å². The van der Waals surface area contributed by atoms with Crippen LogP contribution in [0.1, 0.15) is 45.4 Å². The van der Waals surface area contributed by atoms with Gasteiger partial charge >= 0.3 is 5.97 Å². The first-order valence-electron chi connectivity index (χ1n) is 6.21. The third kappa shape index (κ3) is 2.74. The molecule has 1 saturated carbocycles. The van der Waals surface area contributed by atoms with Gasteiger partial charge < -0.3 is 14.2 Å². The van der Waals surface area contributed by atoms with Crippen LogP contribution in [0, 0.1) is 0 Å². The molecule has 1 atom stereocenters. The van der Waals surface area contributed by atoms with E-state index in [1.807, 2.05) is 0 Å². The number of carbonyl (C=O) groups excluding carboxylic acids is 1. The SMILES string of the molecule is CCC(=O)OC[C@@H]1COC2(CCCCC2)O1. The summed E-state index contributed by atoms with van der Waals surface area (Å²) >= 11 is 0. The van der Waals surface area contributed by atoms with E-state index < -0.39 is 0 Å². The number of rotatable bonds is 3. The van der Waals surface area contributed by atoms with Gasteiger partial charge in [0.15, 0.2) is 5.79 Å². The predicted molar refractivity (Wildman–Crippen MR) is 57.9 cm³/mol. The normalized spacial score (nSPS) is 28.2. The number of ether oxygens (including phenoxy) is 3. The van der Waals surface area contributed by atoms with Gasteiger partial charge in [0.1, 0.15) is 12.7 Å². The molecule has 92 valence electrons. The zero-order valence-corrected chi connectivity index (χ0v) is 9.87. The molecule has 1 heterocycles. The highest BCUT2D eigenvalue weighted by molar-refractivity contribution is 5.68. The molecule has 0 amide bonds. The summed E-state index contributed by atoms with van der Waals surface area (Å²) < 4.78 is 16.7. The second-order valence-corrected chi connectivity index (χ2v) is 4.56. The van der Waals surface area contributed by atoms with Crippen molar-refractivity contribution in [3.8, 4) is 0 Å². The molecule has 0 unspecified atom stereocenters. The average molecular weight is 228 g/mol. The first-order chi connectivity index (χ1) is 7.74. The summed E-state index contributed by atoms with van der Waals surface area (Å²) in [5.41, 5.74) is 0. The molecule has 4 heteroatoms. The molecule has 16 heavy (non-hydrogen) atoms. The van der Waals surface area contributed by atoms with E-state index in [1.54, 1.807) is 6.92 Å². The summed E-state index contributed by atoms with van der Waals surface area (Å²) in [4.78, 5) is 11.0. The highest BCUT2D eigenvalue weighted by atomic mass is 16.8. The van der Waals surface area contributed by atoms with E-state index in [4.69, 9.17) is 14.2 Å². The summed E-state index contributed by atoms with van der Waals surface area (Å²) in [6.45, 7) is 2.67. The fourth-order valence-corrected chi connectivity index (χ4v) is 2.34. The molecule has 4 nitrogen and oxygen atoms in total. The molecule has 1 aliphatic carbocycles. The van der Waals surface area contributed by atoms with Crippen molar-refractivity contribution in [1.82, 2.24) is 0 Å². The number of esters is 1. The van der Waals surface area contributed by atoms with Crippen LogP contribution < -0.4 is 0 Å². The molecule has 2 fully saturated rings. The lowest BCUT2D eigenvalue weighted by atomic mass is 9.94. The van der Waals surface area contributed by atoms with Gasteiger partial charge in [-0.25, -0.2) is 0 Å². The zero-order valence-electron chi connectivity index (χ0n) is 9.87. The van der Waals surface area contributed by atoms with Crippen LogP contribution in [0.3, 0.4) is 0 Å². The van der Waals surface area contributed by atoms with Gasteiger partial charge in [0.05, 0.1) is 6.61 Å². The Kier molecular flexibility index (Phi) is 3.82. The molecule has 1 aliphatic heterocycles. The summed E-state index contributed by atoms with van der Waals surface area (Å²) in [6.07, 6.45) is 5.90. The van der Waals surface area contributed by atoms with Gasteiger partial charge in [0.2, 0.25) is 0 Å². The van der Waals surface area contributed by atoms with Crippen LogP contribution >= 0.6 is 0 Å². The quantitative estimate of drug-likeness (QED) is 0.693. The van der Waals surface area contributed by atoms with Gasteiger partial charge in [-0.3, -0.25) is 4.79 Å². The predicted octanol–water partition coefficient (Wildman–Crippen LogP) is 2.02. The van der Waals surface area contributed by atoms with Gasteiger partial charge in [0.25, 0.3) is 0 Å². The van der Waals surface area contributed by atoms with E-state index in [-0.39, 0.29) is 17.9 Å². The highest BCUT2D eigenvalue weighted by Crippen LogP contribution is 2.37. The van der Waals surface area contributed by atoms with Gasteiger partial charge in [-0.15, -0.1) is 0 Å². The lowest BCUT2D eigenvalue weighted by molar-refractivity contribution is -0.192. The minimum atomic E-state index is -0.360. The van der Waals surface area contributed by atoms with Gasteiger partial charge in [-0.2, -0.15) is 0 Å². The van der Waals surface area contributed by atoms with Crippen LogP contribution in [0.4, 0.5) is 0 Å². The average Bonchev–Trinajstić information content (AvgIpc) is 2.70. The maximum absolute atomic E-state index is 11.0. The van der Waals surface area contributed by atoms with Crippen LogP contribution in [0.2, 0.25) is 0 Å². The molecule has 1 spiro atoms. The van der Waals surface area contributed by atoms with Crippen molar-refractivity contribution in [2.45, 2.75) is 57.3 Å². The lowest BCUT2D eigenvalue weighted by Gasteiger charge is -2.31. The lowest BCUT2D eigenvalue weighted by Crippen LogP contribution is -2.34. The summed E-state index contributed by atoms with van der Waals surface area (Å²) in [5, 5.41) is 0. The molecular formula is C12H20O4. The van der Waals surface area contributed by atoms with E-state index in [2.05, 4.69) is 0 Å². The summed E-state index contributed by atoms with van der Waals surface area (Å²) in [6, 6.07) is 0.